The smallest absolute Gasteiger partial charge is 0.0593 e. The Hall–Kier alpha value is -0.210. The highest BCUT2D eigenvalue weighted by Gasteiger charge is 1.99. The molecule has 0 heterocycles. The van der Waals surface area contributed by atoms with Crippen molar-refractivity contribution >= 4 is 33.2 Å². The molecule has 0 saturated heterocycles. The van der Waals surface area contributed by atoms with E-state index in [0.717, 1.165) is 15.2 Å². The summed E-state index contributed by atoms with van der Waals surface area (Å²) in [5.74, 6) is 0. The van der Waals surface area contributed by atoms with Crippen LogP contribution in [0.2, 0.25) is 5.02 Å². The van der Waals surface area contributed by atoms with Gasteiger partial charge in [-0.3, -0.25) is 0 Å². The molecule has 0 bridgehead atoms. The third-order valence-electron chi connectivity index (χ3n) is 1.22. The summed E-state index contributed by atoms with van der Waals surface area (Å²) in [5, 5.41) is 3.73. The van der Waals surface area contributed by atoms with Crippen LogP contribution in [0.1, 0.15) is 0 Å². The van der Waals surface area contributed by atoms with Gasteiger partial charge in [0.25, 0.3) is 0 Å². The van der Waals surface area contributed by atoms with Crippen LogP contribution < -0.4 is 5.32 Å². The molecule has 0 aliphatic heterocycles. The lowest BCUT2D eigenvalue weighted by Gasteiger charge is -2.02. The van der Waals surface area contributed by atoms with Gasteiger partial charge < -0.3 is 5.32 Å². The predicted octanol–water partition coefficient (Wildman–Crippen LogP) is 3.14. The first kappa shape index (κ1) is 7.89. The number of rotatable bonds is 1. The Bertz CT molecular complexity index is 237. The van der Waals surface area contributed by atoms with Crippen LogP contribution in [-0.2, 0) is 0 Å². The molecule has 1 rings (SSSR count). The molecule has 1 N–H and O–H groups in total. The van der Waals surface area contributed by atoms with Crippen LogP contribution in [0.25, 0.3) is 0 Å². The minimum absolute atomic E-state index is 0.729. The third kappa shape index (κ3) is 1.44. The number of hydrogen-bond acceptors (Lipinski definition) is 1. The fraction of sp³-hybridized carbons (Fsp3) is 0.143. The second-order valence-electron chi connectivity index (χ2n) is 1.85. The van der Waals surface area contributed by atoms with Crippen LogP contribution in [0.5, 0.6) is 0 Å². The van der Waals surface area contributed by atoms with Crippen LogP contribution in [0, 0.1) is 0 Å². The van der Waals surface area contributed by atoms with Gasteiger partial charge in [0.2, 0.25) is 0 Å². The van der Waals surface area contributed by atoms with Gasteiger partial charge in [-0.2, -0.15) is 0 Å². The first-order valence-electron chi connectivity index (χ1n) is 2.87. The fourth-order valence-electron chi connectivity index (χ4n) is 0.697. The zero-order chi connectivity index (χ0) is 7.56. The van der Waals surface area contributed by atoms with Crippen molar-refractivity contribution in [3.8, 4) is 0 Å². The van der Waals surface area contributed by atoms with E-state index in [4.69, 9.17) is 11.6 Å². The van der Waals surface area contributed by atoms with E-state index in [-0.39, 0.29) is 0 Å². The Balaban J connectivity index is 3.14. The van der Waals surface area contributed by atoms with Crippen molar-refractivity contribution in [2.45, 2.75) is 0 Å². The van der Waals surface area contributed by atoms with E-state index in [1.165, 1.54) is 0 Å². The second-order valence-corrected chi connectivity index (χ2v) is 3.05. The molecule has 0 atom stereocenters. The SMILES string of the molecule is CNc1cccc(Cl)c1Br. The van der Waals surface area contributed by atoms with Crippen molar-refractivity contribution in [2.75, 3.05) is 12.4 Å². The lowest BCUT2D eigenvalue weighted by Crippen LogP contribution is -1.88. The van der Waals surface area contributed by atoms with E-state index in [0.29, 0.717) is 0 Å². The third-order valence-corrected chi connectivity index (χ3v) is 2.62. The normalized spacial score (nSPS) is 9.50. The summed E-state index contributed by atoms with van der Waals surface area (Å²) in [7, 11) is 1.86. The molecule has 0 spiro atoms. The van der Waals surface area contributed by atoms with Crippen LogP contribution >= 0.6 is 27.5 Å². The van der Waals surface area contributed by atoms with E-state index >= 15 is 0 Å². The molecule has 0 aromatic heterocycles. The average Bonchev–Trinajstić information content (AvgIpc) is 1.95. The summed E-state index contributed by atoms with van der Waals surface area (Å²) in [4.78, 5) is 0. The lowest BCUT2D eigenvalue weighted by atomic mass is 10.3. The first-order valence-corrected chi connectivity index (χ1v) is 4.04. The molecule has 1 aromatic rings. The van der Waals surface area contributed by atoms with Gasteiger partial charge in [0.1, 0.15) is 0 Å². The average molecular weight is 220 g/mol. The zero-order valence-corrected chi connectivity index (χ0v) is 7.83. The van der Waals surface area contributed by atoms with Crippen molar-refractivity contribution in [3.63, 3.8) is 0 Å². The molecule has 0 aliphatic rings. The molecule has 1 nitrogen and oxygen atoms in total. The molecule has 0 aliphatic carbocycles. The Morgan fingerprint density at radius 1 is 1.50 bits per heavy atom. The quantitative estimate of drug-likeness (QED) is 0.767. The van der Waals surface area contributed by atoms with Crippen LogP contribution in [-0.4, -0.2) is 7.05 Å². The highest BCUT2D eigenvalue weighted by Crippen LogP contribution is 2.29. The van der Waals surface area contributed by atoms with Crippen LogP contribution in [0.15, 0.2) is 22.7 Å². The number of anilines is 1. The standard InChI is InChI=1S/C7H7BrClN/c1-10-6-4-2-3-5(9)7(6)8/h2-4,10H,1H3. The summed E-state index contributed by atoms with van der Waals surface area (Å²) in [6, 6.07) is 5.70. The number of halogens is 2. The van der Waals surface area contributed by atoms with Gasteiger partial charge in [-0.25, -0.2) is 0 Å². The molecule has 0 amide bonds. The lowest BCUT2D eigenvalue weighted by molar-refractivity contribution is 1.49. The van der Waals surface area contributed by atoms with Gasteiger partial charge >= 0.3 is 0 Å². The molecule has 0 fully saturated rings. The van der Waals surface area contributed by atoms with Crippen LogP contribution in [0.4, 0.5) is 5.69 Å². The Morgan fingerprint density at radius 3 is 2.70 bits per heavy atom. The van der Waals surface area contributed by atoms with E-state index in [1.54, 1.807) is 0 Å². The number of hydrogen-bond donors (Lipinski definition) is 1. The summed E-state index contributed by atoms with van der Waals surface area (Å²) in [6.07, 6.45) is 0. The fourth-order valence-corrected chi connectivity index (χ4v) is 1.33. The maximum atomic E-state index is 5.81. The van der Waals surface area contributed by atoms with Crippen molar-refractivity contribution in [3.05, 3.63) is 27.7 Å². The Morgan fingerprint density at radius 2 is 2.20 bits per heavy atom. The summed E-state index contributed by atoms with van der Waals surface area (Å²) < 4.78 is 0.916. The van der Waals surface area contributed by atoms with Crippen LogP contribution in [0.3, 0.4) is 0 Å². The maximum Gasteiger partial charge on any atom is 0.0593 e. The molecule has 0 unspecified atom stereocenters. The number of nitrogens with one attached hydrogen (secondary N) is 1. The molecular formula is C7H7BrClN. The largest absolute Gasteiger partial charge is 0.387 e. The van der Waals surface area contributed by atoms with E-state index in [1.807, 2.05) is 25.2 Å². The van der Waals surface area contributed by atoms with Gasteiger partial charge in [0.15, 0.2) is 0 Å². The van der Waals surface area contributed by atoms with Gasteiger partial charge in [-0.05, 0) is 28.1 Å². The highest BCUT2D eigenvalue weighted by molar-refractivity contribution is 9.10. The van der Waals surface area contributed by atoms with Gasteiger partial charge in [0.05, 0.1) is 9.50 Å². The molecule has 1 aromatic carbocycles. The Labute approximate surface area is 73.5 Å². The van der Waals surface area contributed by atoms with Gasteiger partial charge in [0, 0.05) is 12.7 Å². The van der Waals surface area contributed by atoms with Gasteiger partial charge in [-0.1, -0.05) is 17.7 Å². The molecular weight excluding hydrogens is 213 g/mol. The summed E-state index contributed by atoms with van der Waals surface area (Å²) in [5.41, 5.74) is 1.01. The minimum Gasteiger partial charge on any atom is -0.387 e. The van der Waals surface area contributed by atoms with Crippen molar-refractivity contribution < 1.29 is 0 Å². The molecule has 0 saturated carbocycles. The predicted molar refractivity (Wildman–Crippen MR) is 48.7 cm³/mol. The Kier molecular flexibility index (Phi) is 2.57. The number of benzene rings is 1. The van der Waals surface area contributed by atoms with Gasteiger partial charge in [-0.15, -0.1) is 0 Å². The monoisotopic (exact) mass is 219 g/mol. The van der Waals surface area contributed by atoms with Crippen molar-refractivity contribution in [1.82, 2.24) is 0 Å². The van der Waals surface area contributed by atoms with Crippen molar-refractivity contribution in [2.24, 2.45) is 0 Å². The summed E-state index contributed by atoms with van der Waals surface area (Å²) in [6.45, 7) is 0. The molecule has 54 valence electrons. The summed E-state index contributed by atoms with van der Waals surface area (Å²) >= 11 is 9.15. The van der Waals surface area contributed by atoms with Crippen molar-refractivity contribution in [1.29, 1.82) is 0 Å². The minimum atomic E-state index is 0.729. The van der Waals surface area contributed by atoms with E-state index < -0.39 is 0 Å². The van der Waals surface area contributed by atoms with E-state index in [9.17, 15) is 0 Å². The molecule has 0 radical (unpaired) electrons. The zero-order valence-electron chi connectivity index (χ0n) is 5.49. The van der Waals surface area contributed by atoms with E-state index in [2.05, 4.69) is 21.2 Å². The second kappa shape index (κ2) is 3.26. The highest BCUT2D eigenvalue weighted by atomic mass is 79.9. The molecule has 10 heavy (non-hydrogen) atoms. The topological polar surface area (TPSA) is 12.0 Å². The first-order chi connectivity index (χ1) is 4.75. The molecule has 3 heteroatoms. The maximum absolute atomic E-state index is 5.81.